The Morgan fingerprint density at radius 1 is 1.00 bits per heavy atom. The number of thiazole rings is 1. The van der Waals surface area contributed by atoms with Gasteiger partial charge in [0.15, 0.2) is 4.80 Å². The maximum absolute atomic E-state index is 13.8. The first-order valence-electron chi connectivity index (χ1n) is 12.0. The van der Waals surface area contributed by atoms with Gasteiger partial charge in [0.25, 0.3) is 5.56 Å². The lowest BCUT2D eigenvalue weighted by Gasteiger charge is -2.26. The molecule has 0 fully saturated rings. The molecule has 0 aliphatic carbocycles. The van der Waals surface area contributed by atoms with Crippen molar-refractivity contribution < 1.29 is 14.3 Å². The van der Waals surface area contributed by atoms with E-state index in [9.17, 15) is 9.59 Å². The first kappa shape index (κ1) is 24.4. The molecule has 37 heavy (non-hydrogen) atoms. The topological polar surface area (TPSA) is 82.8 Å². The third-order valence-corrected chi connectivity index (χ3v) is 6.87. The van der Waals surface area contributed by atoms with E-state index in [1.165, 1.54) is 11.3 Å². The van der Waals surface area contributed by atoms with Gasteiger partial charge in [-0.2, -0.15) is 0 Å². The van der Waals surface area contributed by atoms with Gasteiger partial charge >= 0.3 is 5.97 Å². The van der Waals surface area contributed by atoms with Gasteiger partial charge in [0.2, 0.25) is 0 Å². The second-order valence-electron chi connectivity index (χ2n) is 8.21. The SMILES string of the molecule is CCOC(=O)C1=C(c2ccccc2)N=c2s/c(=C\c3ccncc3)c(=O)n2[C@@H]1c1ccc(OCC)cc1. The highest BCUT2D eigenvalue weighted by molar-refractivity contribution is 7.07. The molecule has 3 heterocycles. The van der Waals surface area contributed by atoms with Gasteiger partial charge in [-0.15, -0.1) is 0 Å². The third-order valence-electron chi connectivity index (χ3n) is 5.88. The van der Waals surface area contributed by atoms with Crippen molar-refractivity contribution in [2.45, 2.75) is 19.9 Å². The number of hydrogen-bond donors (Lipinski definition) is 0. The summed E-state index contributed by atoms with van der Waals surface area (Å²) < 4.78 is 13.2. The van der Waals surface area contributed by atoms with Crippen molar-refractivity contribution in [3.8, 4) is 5.75 Å². The molecule has 0 spiro atoms. The Morgan fingerprint density at radius 3 is 2.41 bits per heavy atom. The Kier molecular flexibility index (Phi) is 7.09. The maximum Gasteiger partial charge on any atom is 0.338 e. The minimum Gasteiger partial charge on any atom is -0.494 e. The van der Waals surface area contributed by atoms with Crippen LogP contribution >= 0.6 is 11.3 Å². The molecular weight excluding hydrogens is 486 g/mol. The van der Waals surface area contributed by atoms with Crippen molar-refractivity contribution in [1.29, 1.82) is 0 Å². The average molecular weight is 512 g/mol. The zero-order valence-corrected chi connectivity index (χ0v) is 21.3. The van der Waals surface area contributed by atoms with E-state index in [1.807, 2.05) is 79.7 Å². The van der Waals surface area contributed by atoms with Gasteiger partial charge in [0.1, 0.15) is 5.75 Å². The molecular formula is C29H25N3O4S. The van der Waals surface area contributed by atoms with Gasteiger partial charge in [-0.25, -0.2) is 9.79 Å². The molecule has 5 rings (SSSR count). The predicted octanol–water partition coefficient (Wildman–Crippen LogP) is 3.73. The number of fused-ring (bicyclic) bond motifs is 1. The number of carbonyl (C=O) groups is 1. The van der Waals surface area contributed by atoms with Crippen LogP contribution in [0.2, 0.25) is 0 Å². The fourth-order valence-electron chi connectivity index (χ4n) is 4.28. The van der Waals surface area contributed by atoms with Gasteiger partial charge < -0.3 is 9.47 Å². The van der Waals surface area contributed by atoms with E-state index in [1.54, 1.807) is 23.9 Å². The smallest absolute Gasteiger partial charge is 0.338 e. The van der Waals surface area contributed by atoms with Crippen molar-refractivity contribution >= 4 is 29.1 Å². The van der Waals surface area contributed by atoms with Crippen LogP contribution in [0.15, 0.2) is 94.5 Å². The fourth-order valence-corrected chi connectivity index (χ4v) is 5.28. The molecule has 2 aromatic carbocycles. The lowest BCUT2D eigenvalue weighted by molar-refractivity contribution is -0.138. The highest BCUT2D eigenvalue weighted by atomic mass is 32.1. The number of nitrogens with zero attached hydrogens (tertiary/aromatic N) is 3. The fraction of sp³-hybridized carbons (Fsp3) is 0.172. The van der Waals surface area contributed by atoms with E-state index in [2.05, 4.69) is 4.98 Å². The summed E-state index contributed by atoms with van der Waals surface area (Å²) in [5.41, 5.74) is 2.97. The Labute approximate surface area is 217 Å². The quantitative estimate of drug-likeness (QED) is 0.353. The first-order valence-corrected chi connectivity index (χ1v) is 12.8. The lowest BCUT2D eigenvalue weighted by atomic mass is 9.93. The molecule has 4 aromatic rings. The number of ether oxygens (including phenoxy) is 2. The number of benzene rings is 2. The summed E-state index contributed by atoms with van der Waals surface area (Å²) in [5, 5.41) is 0. The average Bonchev–Trinajstić information content (AvgIpc) is 3.24. The second-order valence-corrected chi connectivity index (χ2v) is 9.22. The van der Waals surface area contributed by atoms with Crippen molar-refractivity contribution in [2.75, 3.05) is 13.2 Å². The molecule has 1 atom stereocenters. The van der Waals surface area contributed by atoms with Gasteiger partial charge in [-0.3, -0.25) is 14.3 Å². The van der Waals surface area contributed by atoms with Crippen molar-refractivity contribution in [3.05, 3.63) is 121 Å². The summed E-state index contributed by atoms with van der Waals surface area (Å²) >= 11 is 1.29. The van der Waals surface area contributed by atoms with Crippen molar-refractivity contribution in [3.63, 3.8) is 0 Å². The van der Waals surface area contributed by atoms with Crippen LogP contribution < -0.4 is 19.6 Å². The van der Waals surface area contributed by atoms with Crippen LogP contribution in [0.3, 0.4) is 0 Å². The molecule has 8 heteroatoms. The molecule has 2 aromatic heterocycles. The molecule has 7 nitrogen and oxygen atoms in total. The molecule has 0 radical (unpaired) electrons. The largest absolute Gasteiger partial charge is 0.494 e. The van der Waals surface area contributed by atoms with Crippen molar-refractivity contribution in [1.82, 2.24) is 9.55 Å². The highest BCUT2D eigenvalue weighted by Crippen LogP contribution is 2.35. The summed E-state index contributed by atoms with van der Waals surface area (Å²) in [6.45, 7) is 4.42. The summed E-state index contributed by atoms with van der Waals surface area (Å²) in [6, 6.07) is 19.9. The van der Waals surface area contributed by atoms with E-state index in [4.69, 9.17) is 14.5 Å². The Hall–Kier alpha value is -4.30. The van der Waals surface area contributed by atoms with E-state index < -0.39 is 12.0 Å². The summed E-state index contributed by atoms with van der Waals surface area (Å²) in [7, 11) is 0. The minimum absolute atomic E-state index is 0.201. The summed E-state index contributed by atoms with van der Waals surface area (Å²) in [4.78, 5) is 36.7. The predicted molar refractivity (Wildman–Crippen MR) is 143 cm³/mol. The van der Waals surface area contributed by atoms with Crippen LogP contribution in [0.1, 0.15) is 36.6 Å². The van der Waals surface area contributed by atoms with Crippen LogP contribution in [-0.2, 0) is 9.53 Å². The van der Waals surface area contributed by atoms with Crippen molar-refractivity contribution in [2.24, 2.45) is 4.99 Å². The van der Waals surface area contributed by atoms with Crippen LogP contribution in [0.4, 0.5) is 0 Å². The molecule has 0 unspecified atom stereocenters. The number of aromatic nitrogens is 2. The molecule has 0 amide bonds. The van der Waals surface area contributed by atoms with Gasteiger partial charge in [-0.05, 0) is 55.3 Å². The molecule has 0 saturated carbocycles. The number of rotatable bonds is 7. The van der Waals surface area contributed by atoms with E-state index in [0.29, 0.717) is 33.0 Å². The second kappa shape index (κ2) is 10.8. The van der Waals surface area contributed by atoms with Crippen LogP contribution in [0.5, 0.6) is 5.75 Å². The zero-order chi connectivity index (χ0) is 25.8. The molecule has 1 aliphatic rings. The minimum atomic E-state index is -0.722. The van der Waals surface area contributed by atoms with Crippen LogP contribution in [-0.4, -0.2) is 28.7 Å². The Balaban J connectivity index is 1.80. The number of carbonyl (C=O) groups excluding carboxylic acids is 1. The maximum atomic E-state index is 13.8. The van der Waals surface area contributed by atoms with Crippen LogP contribution in [0, 0.1) is 0 Å². The molecule has 0 saturated heterocycles. The summed E-state index contributed by atoms with van der Waals surface area (Å²) in [5.74, 6) is 0.202. The summed E-state index contributed by atoms with van der Waals surface area (Å²) in [6.07, 6.45) is 5.17. The van der Waals surface area contributed by atoms with Gasteiger partial charge in [0.05, 0.1) is 35.1 Å². The number of hydrogen-bond acceptors (Lipinski definition) is 7. The molecule has 186 valence electrons. The molecule has 0 N–H and O–H groups in total. The van der Waals surface area contributed by atoms with Gasteiger partial charge in [-0.1, -0.05) is 53.8 Å². The standard InChI is InChI=1S/C29H25N3O4S/c1-3-35-22-12-10-21(11-13-22)26-24(28(34)36-4-2)25(20-8-6-5-7-9-20)31-29-32(26)27(33)23(37-29)18-19-14-16-30-17-15-19/h5-18,26H,3-4H2,1-2H3/b23-18-/t26-/m1/s1. The Bertz CT molecular complexity index is 1620. The van der Waals surface area contributed by atoms with Gasteiger partial charge in [0, 0.05) is 18.0 Å². The zero-order valence-electron chi connectivity index (χ0n) is 20.5. The lowest BCUT2D eigenvalue weighted by Crippen LogP contribution is -2.40. The van der Waals surface area contributed by atoms with E-state index in [0.717, 1.165) is 16.7 Å². The molecule has 1 aliphatic heterocycles. The highest BCUT2D eigenvalue weighted by Gasteiger charge is 2.35. The first-order chi connectivity index (χ1) is 18.1. The number of pyridine rings is 1. The van der Waals surface area contributed by atoms with E-state index in [-0.39, 0.29) is 12.2 Å². The Morgan fingerprint density at radius 2 is 1.73 bits per heavy atom. The monoisotopic (exact) mass is 511 g/mol. The van der Waals surface area contributed by atoms with Crippen LogP contribution in [0.25, 0.3) is 11.8 Å². The third kappa shape index (κ3) is 4.88. The molecule has 0 bridgehead atoms. The number of esters is 1. The normalized spacial score (nSPS) is 15.2. The van der Waals surface area contributed by atoms with E-state index >= 15 is 0 Å².